The summed E-state index contributed by atoms with van der Waals surface area (Å²) in [5.74, 6) is -2.80. The Hall–Kier alpha value is -0.650. The van der Waals surface area contributed by atoms with E-state index < -0.39 is 60.5 Å². The molecule has 1 aliphatic carbocycles. The fourth-order valence-corrected chi connectivity index (χ4v) is 3.37. The lowest BCUT2D eigenvalue weighted by Crippen LogP contribution is -2.77. The normalized spacial score (nSPS) is 55.5. The fraction of sp³-hybridized carbons (Fsp3) is 0.923. The minimum Gasteiger partial charge on any atom is -0.390 e. The Morgan fingerprint density at radius 1 is 1.27 bits per heavy atom. The molecule has 3 rings (SSSR count). The monoisotopic (exact) mass is 318 g/mol. The van der Waals surface area contributed by atoms with Gasteiger partial charge in [0, 0.05) is 6.42 Å². The third-order valence-electron chi connectivity index (χ3n) is 4.65. The van der Waals surface area contributed by atoms with Crippen LogP contribution in [0.3, 0.4) is 0 Å². The van der Waals surface area contributed by atoms with Crippen molar-refractivity contribution in [2.45, 2.75) is 68.0 Å². The quantitative estimate of drug-likeness (QED) is 0.338. The topological polar surface area (TPSA) is 144 Å². The van der Waals surface area contributed by atoms with Crippen molar-refractivity contribution >= 4 is 5.78 Å². The Balaban J connectivity index is 1.92. The van der Waals surface area contributed by atoms with E-state index in [1.165, 1.54) is 0 Å². The predicted molar refractivity (Wildman–Crippen MR) is 71.5 cm³/mol. The summed E-state index contributed by atoms with van der Waals surface area (Å²) in [7, 11) is 1.58. The second-order valence-corrected chi connectivity index (χ2v) is 6.16. The van der Waals surface area contributed by atoms with Gasteiger partial charge in [0.05, 0.1) is 24.3 Å². The van der Waals surface area contributed by atoms with Crippen molar-refractivity contribution in [3.63, 3.8) is 0 Å². The average molecular weight is 318 g/mol. The molecule has 0 spiro atoms. The van der Waals surface area contributed by atoms with Crippen LogP contribution in [0.15, 0.2) is 0 Å². The van der Waals surface area contributed by atoms with Crippen molar-refractivity contribution in [2.75, 3.05) is 7.05 Å². The van der Waals surface area contributed by atoms with Crippen LogP contribution >= 0.6 is 0 Å². The molecule has 2 aliphatic heterocycles. The number of rotatable bonds is 1. The highest BCUT2D eigenvalue weighted by Crippen LogP contribution is 2.39. The molecule has 0 aromatic carbocycles. The van der Waals surface area contributed by atoms with Crippen molar-refractivity contribution in [3.8, 4) is 0 Å². The summed E-state index contributed by atoms with van der Waals surface area (Å²) in [5, 5.41) is 33.7. The summed E-state index contributed by atoms with van der Waals surface area (Å²) in [6, 6.07) is -1.66. The number of nitrogens with one attached hydrogen (secondary N) is 1. The standard InChI is InChI=1S/C13H22N2O7/c1-4-3-5(16)13(19)12(20-4)21-11-9(18)6(14)8(17)7(15-2)10(11)22-13/h4,6-12,15,17-19H,3,14H2,1-2H3/t4-,6-,7+,8+,9+,10-,11-,12+,13+/m1/s1. The lowest BCUT2D eigenvalue weighted by atomic mass is 9.80. The number of Topliss-reactive ketones (excluding diaryl/α,β-unsaturated/α-hetero) is 1. The van der Waals surface area contributed by atoms with Crippen LogP contribution in [0.1, 0.15) is 13.3 Å². The van der Waals surface area contributed by atoms with E-state index in [0.717, 1.165) is 0 Å². The van der Waals surface area contributed by atoms with E-state index in [-0.39, 0.29) is 6.42 Å². The number of hydrogen-bond acceptors (Lipinski definition) is 9. The van der Waals surface area contributed by atoms with E-state index >= 15 is 0 Å². The Bertz CT molecular complexity index is 464. The zero-order valence-corrected chi connectivity index (χ0v) is 12.4. The highest BCUT2D eigenvalue weighted by Gasteiger charge is 2.63. The van der Waals surface area contributed by atoms with Gasteiger partial charge in [-0.15, -0.1) is 0 Å². The van der Waals surface area contributed by atoms with E-state index in [4.69, 9.17) is 19.9 Å². The first-order valence-electron chi connectivity index (χ1n) is 7.33. The third kappa shape index (κ3) is 2.21. The molecule has 0 aromatic rings. The molecule has 9 atom stereocenters. The van der Waals surface area contributed by atoms with Crippen molar-refractivity contribution in [1.82, 2.24) is 5.32 Å². The van der Waals surface area contributed by atoms with Gasteiger partial charge >= 0.3 is 0 Å². The molecular formula is C13H22N2O7. The molecule has 22 heavy (non-hydrogen) atoms. The van der Waals surface area contributed by atoms with Crippen LogP contribution in [0.2, 0.25) is 0 Å². The number of nitrogens with two attached hydrogens (primary N) is 1. The van der Waals surface area contributed by atoms with Gasteiger partial charge in [-0.3, -0.25) is 4.79 Å². The molecule has 0 bridgehead atoms. The van der Waals surface area contributed by atoms with Gasteiger partial charge in [-0.2, -0.15) is 0 Å². The zero-order chi connectivity index (χ0) is 16.2. The number of hydrogen-bond donors (Lipinski definition) is 5. The Labute approximate surface area is 127 Å². The van der Waals surface area contributed by atoms with Crippen molar-refractivity contribution in [3.05, 3.63) is 0 Å². The summed E-state index contributed by atoms with van der Waals surface area (Å²) in [4.78, 5) is 12.2. The van der Waals surface area contributed by atoms with E-state index in [2.05, 4.69) is 5.32 Å². The van der Waals surface area contributed by atoms with Gasteiger partial charge in [0.25, 0.3) is 5.79 Å². The third-order valence-corrected chi connectivity index (χ3v) is 4.65. The van der Waals surface area contributed by atoms with Gasteiger partial charge in [0.1, 0.15) is 18.3 Å². The molecule has 0 aromatic heterocycles. The summed E-state index contributed by atoms with van der Waals surface area (Å²) in [5.41, 5.74) is 5.80. The first-order valence-corrected chi connectivity index (χ1v) is 7.33. The van der Waals surface area contributed by atoms with E-state index in [0.29, 0.717) is 0 Å². The Morgan fingerprint density at radius 3 is 2.59 bits per heavy atom. The number of carbonyl (C=O) groups is 1. The van der Waals surface area contributed by atoms with Crippen LogP contribution in [0.25, 0.3) is 0 Å². The molecule has 2 saturated heterocycles. The second-order valence-electron chi connectivity index (χ2n) is 6.16. The maximum atomic E-state index is 12.2. The summed E-state index contributed by atoms with van der Waals surface area (Å²) in [6.45, 7) is 1.68. The minimum atomic E-state index is -2.25. The minimum absolute atomic E-state index is 0.0113. The van der Waals surface area contributed by atoms with Crippen LogP contribution in [-0.4, -0.2) is 82.8 Å². The van der Waals surface area contributed by atoms with Gasteiger partial charge in [-0.25, -0.2) is 0 Å². The average Bonchev–Trinajstić information content (AvgIpc) is 2.46. The Kier molecular flexibility index (Phi) is 4.03. The van der Waals surface area contributed by atoms with Crippen molar-refractivity contribution in [1.29, 1.82) is 0 Å². The number of ether oxygens (including phenoxy) is 3. The molecule has 6 N–H and O–H groups in total. The first-order chi connectivity index (χ1) is 10.3. The maximum Gasteiger partial charge on any atom is 0.280 e. The molecule has 0 unspecified atom stereocenters. The largest absolute Gasteiger partial charge is 0.390 e. The lowest BCUT2D eigenvalue weighted by Gasteiger charge is -2.54. The van der Waals surface area contributed by atoms with E-state index in [1.807, 2.05) is 0 Å². The molecule has 3 fully saturated rings. The van der Waals surface area contributed by atoms with Crippen LogP contribution in [-0.2, 0) is 19.0 Å². The van der Waals surface area contributed by atoms with Gasteiger partial charge in [-0.1, -0.05) is 0 Å². The first kappa shape index (κ1) is 16.2. The summed E-state index contributed by atoms with van der Waals surface area (Å²) < 4.78 is 16.6. The highest BCUT2D eigenvalue weighted by atomic mass is 16.8. The number of aliphatic hydroxyl groups is 3. The van der Waals surface area contributed by atoms with Gasteiger partial charge in [-0.05, 0) is 14.0 Å². The molecule has 2 heterocycles. The van der Waals surface area contributed by atoms with Crippen LogP contribution in [0.4, 0.5) is 0 Å². The number of carbonyl (C=O) groups excluding carboxylic acids is 1. The highest BCUT2D eigenvalue weighted by molar-refractivity contribution is 5.87. The SMILES string of the molecule is CN[C@H]1[C@@H](O)[C@@H](N)[C@H](O)[C@H]2O[C@@H]3O[C@H](C)CC(=O)[C@]3(O)O[C@H]12. The van der Waals surface area contributed by atoms with Crippen LogP contribution in [0, 0.1) is 0 Å². The predicted octanol–water partition coefficient (Wildman–Crippen LogP) is -3.19. The van der Waals surface area contributed by atoms with Gasteiger partial charge in [0.15, 0.2) is 5.78 Å². The maximum absolute atomic E-state index is 12.2. The van der Waals surface area contributed by atoms with Crippen molar-refractivity contribution < 1.29 is 34.3 Å². The van der Waals surface area contributed by atoms with E-state index in [1.54, 1.807) is 14.0 Å². The zero-order valence-electron chi connectivity index (χ0n) is 12.4. The van der Waals surface area contributed by atoms with Crippen LogP contribution in [0.5, 0.6) is 0 Å². The Morgan fingerprint density at radius 2 is 1.95 bits per heavy atom. The fourth-order valence-electron chi connectivity index (χ4n) is 3.37. The number of fused-ring (bicyclic) bond motifs is 2. The molecule has 9 heteroatoms. The van der Waals surface area contributed by atoms with E-state index in [9.17, 15) is 20.1 Å². The number of ketones is 1. The van der Waals surface area contributed by atoms with Gasteiger partial charge < -0.3 is 40.6 Å². The number of likely N-dealkylation sites (N-methyl/N-ethyl adjacent to an activating group) is 1. The van der Waals surface area contributed by atoms with Crippen molar-refractivity contribution in [2.24, 2.45) is 5.73 Å². The molecule has 9 nitrogen and oxygen atoms in total. The smallest absolute Gasteiger partial charge is 0.280 e. The lowest BCUT2D eigenvalue weighted by molar-refractivity contribution is -0.419. The van der Waals surface area contributed by atoms with Crippen LogP contribution < -0.4 is 11.1 Å². The molecule has 0 amide bonds. The molecule has 126 valence electrons. The molecule has 3 aliphatic rings. The molecule has 1 saturated carbocycles. The number of aliphatic hydroxyl groups excluding tert-OH is 2. The summed E-state index contributed by atoms with van der Waals surface area (Å²) >= 11 is 0. The molecule has 0 radical (unpaired) electrons. The van der Waals surface area contributed by atoms with Gasteiger partial charge in [0.2, 0.25) is 6.29 Å². The summed E-state index contributed by atoms with van der Waals surface area (Å²) in [6.07, 6.45) is -6.00. The molecular weight excluding hydrogens is 296 g/mol. The second kappa shape index (κ2) is 5.46.